The number of aromatic nitrogens is 3. The first-order valence-electron chi connectivity index (χ1n) is 9.50. The zero-order chi connectivity index (χ0) is 23.4. The molecule has 0 aromatic carbocycles. The Morgan fingerprint density at radius 2 is 2.18 bits per heavy atom. The first-order chi connectivity index (χ1) is 15.8. The standard InChI is InChI=1S/C19H19ClN5O6PS/c20-19-23-14(10-33-19)9-29-17-4-3-12(8-22-17)6-13-7-16(31-24-13)15-2-1-5-25(18(15)21)11-30-32(26,27)28/h1-5,7-8,10,18H,6,9,11,21H2,(H2,26,27,28). The molecular weight excluding hydrogens is 493 g/mol. The van der Waals surface area contributed by atoms with Gasteiger partial charge in [-0.25, -0.2) is 14.5 Å². The number of hydrogen-bond donors (Lipinski definition) is 3. The zero-order valence-electron chi connectivity index (χ0n) is 16.9. The van der Waals surface area contributed by atoms with E-state index in [1.54, 1.807) is 36.7 Å². The van der Waals surface area contributed by atoms with Crippen molar-refractivity contribution in [2.75, 3.05) is 6.73 Å². The molecular formula is C19H19ClN5O6PS. The average Bonchev–Trinajstić information content (AvgIpc) is 3.41. The summed E-state index contributed by atoms with van der Waals surface area (Å²) in [5, 5.41) is 5.91. The van der Waals surface area contributed by atoms with Crippen molar-refractivity contribution in [3.63, 3.8) is 0 Å². The molecule has 3 aromatic rings. The minimum Gasteiger partial charge on any atom is -0.471 e. The quantitative estimate of drug-likeness (QED) is 0.363. The lowest BCUT2D eigenvalue weighted by atomic mass is 10.1. The fraction of sp³-hybridized carbons (Fsp3) is 0.211. The summed E-state index contributed by atoms with van der Waals surface area (Å²) < 4.78 is 27.0. The molecule has 14 heteroatoms. The Morgan fingerprint density at radius 1 is 1.33 bits per heavy atom. The van der Waals surface area contributed by atoms with Crippen LogP contribution in [0.1, 0.15) is 22.7 Å². The molecule has 33 heavy (non-hydrogen) atoms. The minimum absolute atomic E-state index is 0.280. The van der Waals surface area contributed by atoms with Gasteiger partial charge in [-0.05, 0) is 11.6 Å². The smallest absolute Gasteiger partial charge is 0.471 e. The van der Waals surface area contributed by atoms with E-state index < -0.39 is 14.0 Å². The SMILES string of the molecule is NC1C(c2cc(Cc3ccc(OCc4csc(Cl)n4)nc3)no2)=CC=CN1COP(=O)(O)O. The van der Waals surface area contributed by atoms with E-state index in [0.717, 1.165) is 11.3 Å². The van der Waals surface area contributed by atoms with Crippen LogP contribution in [-0.2, 0) is 22.1 Å². The zero-order valence-corrected chi connectivity index (χ0v) is 19.4. The monoisotopic (exact) mass is 511 g/mol. The molecule has 0 radical (unpaired) electrons. The number of allylic oxidation sites excluding steroid dienone is 2. The van der Waals surface area contributed by atoms with Crippen LogP contribution in [0, 0.1) is 0 Å². The van der Waals surface area contributed by atoms with Crippen molar-refractivity contribution in [1.29, 1.82) is 0 Å². The van der Waals surface area contributed by atoms with E-state index in [1.165, 1.54) is 16.2 Å². The molecule has 174 valence electrons. The number of pyridine rings is 1. The van der Waals surface area contributed by atoms with Gasteiger partial charge in [-0.1, -0.05) is 28.9 Å². The molecule has 0 spiro atoms. The van der Waals surface area contributed by atoms with Crippen LogP contribution in [0.2, 0.25) is 4.47 Å². The van der Waals surface area contributed by atoms with Gasteiger partial charge in [0, 0.05) is 41.9 Å². The number of thiazole rings is 1. The Hall–Kier alpha value is -2.57. The number of hydrogen-bond acceptors (Lipinski definition) is 10. The summed E-state index contributed by atoms with van der Waals surface area (Å²) in [4.78, 5) is 27.6. The topological polar surface area (TPSA) is 157 Å². The van der Waals surface area contributed by atoms with Crippen molar-refractivity contribution in [3.05, 3.63) is 75.3 Å². The summed E-state index contributed by atoms with van der Waals surface area (Å²) in [6, 6.07) is 5.39. The summed E-state index contributed by atoms with van der Waals surface area (Å²) in [5.74, 6) is 0.907. The first-order valence-corrected chi connectivity index (χ1v) is 12.3. The summed E-state index contributed by atoms with van der Waals surface area (Å²) >= 11 is 7.15. The molecule has 0 fully saturated rings. The van der Waals surface area contributed by atoms with E-state index >= 15 is 0 Å². The molecule has 11 nitrogen and oxygen atoms in total. The van der Waals surface area contributed by atoms with E-state index in [0.29, 0.717) is 33.8 Å². The Labute approximate surface area is 197 Å². The summed E-state index contributed by atoms with van der Waals surface area (Å²) in [6.45, 7) is -0.0991. The van der Waals surface area contributed by atoms with Crippen LogP contribution in [0.15, 0.2) is 52.7 Å². The van der Waals surface area contributed by atoms with E-state index in [9.17, 15) is 4.57 Å². The van der Waals surface area contributed by atoms with Gasteiger partial charge in [0.15, 0.2) is 10.2 Å². The van der Waals surface area contributed by atoms with E-state index in [2.05, 4.69) is 19.6 Å². The lowest BCUT2D eigenvalue weighted by molar-refractivity contribution is 0.110. The normalized spacial score (nSPS) is 16.2. The van der Waals surface area contributed by atoms with Crippen LogP contribution in [0.25, 0.3) is 5.57 Å². The molecule has 3 aromatic heterocycles. The molecule has 0 saturated heterocycles. The maximum Gasteiger partial charge on any atom is 0.471 e. The highest BCUT2D eigenvalue weighted by atomic mass is 35.5. The molecule has 1 atom stereocenters. The van der Waals surface area contributed by atoms with Crippen LogP contribution in [0.4, 0.5) is 0 Å². The van der Waals surface area contributed by atoms with Gasteiger partial charge < -0.3 is 29.7 Å². The Kier molecular flexibility index (Phi) is 7.25. The van der Waals surface area contributed by atoms with Crippen molar-refractivity contribution in [3.8, 4) is 5.88 Å². The van der Waals surface area contributed by atoms with Crippen molar-refractivity contribution in [1.82, 2.24) is 20.0 Å². The van der Waals surface area contributed by atoms with Gasteiger partial charge in [-0.15, -0.1) is 11.3 Å². The molecule has 0 aliphatic carbocycles. The Balaban J connectivity index is 1.35. The van der Waals surface area contributed by atoms with E-state index in [1.807, 2.05) is 11.4 Å². The van der Waals surface area contributed by atoms with Gasteiger partial charge >= 0.3 is 7.82 Å². The Morgan fingerprint density at radius 3 is 2.88 bits per heavy atom. The molecule has 4 N–H and O–H groups in total. The molecule has 1 aliphatic heterocycles. The number of nitrogens with zero attached hydrogens (tertiary/aromatic N) is 4. The number of ether oxygens (including phenoxy) is 1. The number of rotatable bonds is 9. The molecule has 4 heterocycles. The second-order valence-electron chi connectivity index (χ2n) is 6.92. The lowest BCUT2D eigenvalue weighted by Crippen LogP contribution is -2.41. The van der Waals surface area contributed by atoms with Gasteiger partial charge in [0.2, 0.25) is 5.88 Å². The third-order valence-corrected chi connectivity index (χ3v) is 6.00. The summed E-state index contributed by atoms with van der Waals surface area (Å²) in [5.41, 5.74) is 9.08. The second-order valence-corrected chi connectivity index (χ2v) is 9.60. The molecule has 1 aliphatic rings. The van der Waals surface area contributed by atoms with Gasteiger partial charge in [-0.3, -0.25) is 4.52 Å². The van der Waals surface area contributed by atoms with Crippen LogP contribution in [-0.4, -0.2) is 42.7 Å². The van der Waals surface area contributed by atoms with Gasteiger partial charge in [-0.2, -0.15) is 0 Å². The Bertz CT molecular complexity index is 1210. The number of halogens is 1. The molecule has 0 amide bonds. The molecule has 0 saturated carbocycles. The molecule has 1 unspecified atom stereocenters. The summed E-state index contributed by atoms with van der Waals surface area (Å²) in [6.07, 6.45) is 6.42. The van der Waals surface area contributed by atoms with Crippen molar-refractivity contribution >= 4 is 36.3 Å². The fourth-order valence-corrected chi connectivity index (χ4v) is 4.01. The fourth-order valence-electron chi connectivity index (χ4n) is 2.96. The maximum atomic E-state index is 10.9. The number of nitrogens with two attached hydrogens (primary N) is 1. The van der Waals surface area contributed by atoms with Gasteiger partial charge in [0.1, 0.15) is 19.5 Å². The van der Waals surface area contributed by atoms with Crippen molar-refractivity contribution in [2.24, 2.45) is 5.73 Å². The largest absolute Gasteiger partial charge is 0.471 e. The highest BCUT2D eigenvalue weighted by Crippen LogP contribution is 2.36. The first kappa shape index (κ1) is 23.6. The average molecular weight is 512 g/mol. The summed E-state index contributed by atoms with van der Waals surface area (Å²) in [7, 11) is -4.62. The van der Waals surface area contributed by atoms with Gasteiger partial charge in [0.25, 0.3) is 0 Å². The third-order valence-electron chi connectivity index (χ3n) is 4.52. The highest BCUT2D eigenvalue weighted by molar-refractivity contribution is 7.46. The highest BCUT2D eigenvalue weighted by Gasteiger charge is 2.25. The van der Waals surface area contributed by atoms with E-state index in [4.69, 9.17) is 36.4 Å². The van der Waals surface area contributed by atoms with Crippen LogP contribution in [0.3, 0.4) is 0 Å². The second kappa shape index (κ2) is 10.1. The number of phosphoric ester groups is 1. The minimum atomic E-state index is -4.62. The third kappa shape index (κ3) is 6.49. The van der Waals surface area contributed by atoms with Crippen LogP contribution < -0.4 is 10.5 Å². The predicted octanol–water partition coefficient (Wildman–Crippen LogP) is 2.91. The lowest BCUT2D eigenvalue weighted by Gasteiger charge is -2.30. The number of phosphoric acid groups is 1. The maximum absolute atomic E-state index is 10.9. The van der Waals surface area contributed by atoms with Crippen molar-refractivity contribution < 1.29 is 28.1 Å². The predicted molar refractivity (Wildman–Crippen MR) is 120 cm³/mol. The van der Waals surface area contributed by atoms with Crippen LogP contribution >= 0.6 is 30.8 Å². The van der Waals surface area contributed by atoms with Crippen molar-refractivity contribution in [2.45, 2.75) is 19.2 Å². The van der Waals surface area contributed by atoms with E-state index in [-0.39, 0.29) is 13.3 Å². The molecule has 4 rings (SSSR count). The molecule has 0 bridgehead atoms. The van der Waals surface area contributed by atoms with Crippen LogP contribution in [0.5, 0.6) is 5.88 Å². The van der Waals surface area contributed by atoms with Gasteiger partial charge in [0.05, 0.1) is 11.4 Å².